The third-order valence-electron chi connectivity index (χ3n) is 3.73. The van der Waals surface area contributed by atoms with E-state index in [0.29, 0.717) is 22.6 Å². The van der Waals surface area contributed by atoms with Gasteiger partial charge in [0, 0.05) is 28.7 Å². The van der Waals surface area contributed by atoms with Crippen LogP contribution in [0, 0.1) is 6.92 Å². The minimum Gasteiger partial charge on any atom is -0.467 e. The van der Waals surface area contributed by atoms with Crippen LogP contribution in [-0.2, 0) is 14.3 Å². The summed E-state index contributed by atoms with van der Waals surface area (Å²) in [4.78, 5) is 36.9. The second kappa shape index (κ2) is 9.78. The number of carbonyl (C=O) groups excluding carboxylic acids is 3. The number of benzene rings is 2. The van der Waals surface area contributed by atoms with E-state index in [-0.39, 0.29) is 0 Å². The van der Waals surface area contributed by atoms with Crippen molar-refractivity contribution in [2.75, 3.05) is 12.9 Å². The zero-order valence-corrected chi connectivity index (χ0v) is 16.2. The van der Waals surface area contributed by atoms with E-state index in [1.807, 2.05) is 30.3 Å². The van der Waals surface area contributed by atoms with E-state index in [0.717, 1.165) is 4.90 Å². The largest absolute Gasteiger partial charge is 0.467 e. The van der Waals surface area contributed by atoms with Crippen molar-refractivity contribution >= 4 is 29.6 Å². The highest BCUT2D eigenvalue weighted by molar-refractivity contribution is 7.99. The fraction of sp³-hybridized carbons (Fsp3) is 0.250. The number of hydrogen-bond acceptors (Lipinski definition) is 6. The van der Waals surface area contributed by atoms with Crippen LogP contribution in [0.3, 0.4) is 0 Å². The summed E-state index contributed by atoms with van der Waals surface area (Å²) in [6.07, 6.45) is 0. The van der Waals surface area contributed by atoms with E-state index in [2.05, 4.69) is 5.32 Å². The Morgan fingerprint density at radius 3 is 2.41 bits per heavy atom. The molecule has 0 unspecified atom stereocenters. The average Bonchev–Trinajstić information content (AvgIpc) is 2.66. The maximum atomic E-state index is 12.7. The van der Waals surface area contributed by atoms with E-state index in [9.17, 15) is 14.4 Å². The van der Waals surface area contributed by atoms with Gasteiger partial charge in [-0.05, 0) is 31.2 Å². The molecule has 0 aromatic heterocycles. The molecular formula is C20H21NO5S. The van der Waals surface area contributed by atoms with Gasteiger partial charge < -0.3 is 14.8 Å². The molecule has 2 aromatic rings. The summed E-state index contributed by atoms with van der Waals surface area (Å²) in [6, 6.07) is 13.6. The maximum absolute atomic E-state index is 12.7. The van der Waals surface area contributed by atoms with Crippen molar-refractivity contribution in [2.45, 2.75) is 24.8 Å². The molecule has 0 aliphatic rings. The first-order valence-electron chi connectivity index (χ1n) is 8.27. The molecule has 0 aliphatic carbocycles. The van der Waals surface area contributed by atoms with E-state index in [1.165, 1.54) is 25.8 Å². The van der Waals surface area contributed by atoms with Crippen molar-refractivity contribution in [1.82, 2.24) is 5.32 Å². The Morgan fingerprint density at radius 1 is 1.07 bits per heavy atom. The second-order valence-corrected chi connectivity index (χ2v) is 6.79. The number of thioether (sulfide) groups is 1. The SMILES string of the molecule is COC(=O)[C@H](CSc1ccccc1)NC(=O)c1cccc(OC(C)=O)c1C. The number of esters is 2. The van der Waals surface area contributed by atoms with Gasteiger partial charge in [0.05, 0.1) is 7.11 Å². The molecule has 0 radical (unpaired) electrons. The van der Waals surface area contributed by atoms with Crippen LogP contribution >= 0.6 is 11.8 Å². The van der Waals surface area contributed by atoms with E-state index >= 15 is 0 Å². The molecule has 0 aliphatic heterocycles. The van der Waals surface area contributed by atoms with Crippen molar-refractivity contribution in [3.8, 4) is 5.75 Å². The van der Waals surface area contributed by atoms with Gasteiger partial charge in [0.2, 0.25) is 0 Å². The molecule has 0 saturated heterocycles. The average molecular weight is 387 g/mol. The molecule has 2 rings (SSSR count). The van der Waals surface area contributed by atoms with E-state index in [4.69, 9.17) is 9.47 Å². The molecule has 0 saturated carbocycles. The Morgan fingerprint density at radius 2 is 1.78 bits per heavy atom. The third-order valence-corrected chi connectivity index (χ3v) is 4.84. The van der Waals surface area contributed by atoms with Crippen molar-refractivity contribution in [3.05, 3.63) is 59.7 Å². The molecule has 142 valence electrons. The predicted molar refractivity (Wildman–Crippen MR) is 103 cm³/mol. The van der Waals surface area contributed by atoms with Crippen LogP contribution in [0.5, 0.6) is 5.75 Å². The quantitative estimate of drug-likeness (QED) is 0.447. The van der Waals surface area contributed by atoms with Gasteiger partial charge in [0.1, 0.15) is 11.8 Å². The van der Waals surface area contributed by atoms with Crippen LogP contribution < -0.4 is 10.1 Å². The summed E-state index contributed by atoms with van der Waals surface area (Å²) in [5, 5.41) is 2.70. The van der Waals surface area contributed by atoms with Crippen LogP contribution in [-0.4, -0.2) is 36.8 Å². The number of carbonyl (C=O) groups is 3. The highest BCUT2D eigenvalue weighted by Gasteiger charge is 2.24. The topological polar surface area (TPSA) is 81.7 Å². The summed E-state index contributed by atoms with van der Waals surface area (Å²) < 4.78 is 9.91. The molecule has 1 amide bonds. The maximum Gasteiger partial charge on any atom is 0.329 e. The smallest absolute Gasteiger partial charge is 0.329 e. The lowest BCUT2D eigenvalue weighted by Gasteiger charge is -2.17. The van der Waals surface area contributed by atoms with E-state index < -0.39 is 23.9 Å². The predicted octanol–water partition coefficient (Wildman–Crippen LogP) is 2.98. The van der Waals surface area contributed by atoms with Crippen LogP contribution in [0.2, 0.25) is 0 Å². The Balaban J connectivity index is 2.13. The first kappa shape index (κ1) is 20.5. The lowest BCUT2D eigenvalue weighted by molar-refractivity contribution is -0.142. The number of hydrogen-bond donors (Lipinski definition) is 1. The molecule has 0 bridgehead atoms. The Labute approximate surface area is 162 Å². The Kier molecular flexibility index (Phi) is 7.43. The first-order chi connectivity index (χ1) is 12.9. The van der Waals surface area contributed by atoms with Crippen LogP contribution in [0.1, 0.15) is 22.8 Å². The lowest BCUT2D eigenvalue weighted by Crippen LogP contribution is -2.43. The van der Waals surface area contributed by atoms with Gasteiger partial charge in [-0.3, -0.25) is 9.59 Å². The molecule has 1 N–H and O–H groups in total. The standard InChI is InChI=1S/C20H21NO5S/c1-13-16(10-7-11-18(13)26-14(2)22)19(23)21-17(20(24)25-3)12-27-15-8-5-4-6-9-15/h4-11,17H,12H2,1-3H3,(H,21,23)/t17-/m0/s1. The summed E-state index contributed by atoms with van der Waals surface area (Å²) in [5.74, 6) is -0.803. The molecule has 0 spiro atoms. The molecule has 2 aromatic carbocycles. The van der Waals surface area contributed by atoms with Gasteiger partial charge in [0.25, 0.3) is 5.91 Å². The Hall–Kier alpha value is -2.80. The number of rotatable bonds is 7. The van der Waals surface area contributed by atoms with Gasteiger partial charge in [-0.25, -0.2) is 4.79 Å². The zero-order valence-electron chi connectivity index (χ0n) is 15.4. The van der Waals surface area contributed by atoms with Gasteiger partial charge in [-0.2, -0.15) is 0 Å². The number of amides is 1. The van der Waals surface area contributed by atoms with Crippen LogP contribution in [0.25, 0.3) is 0 Å². The van der Waals surface area contributed by atoms with E-state index in [1.54, 1.807) is 25.1 Å². The second-order valence-electron chi connectivity index (χ2n) is 5.70. The fourth-order valence-corrected chi connectivity index (χ4v) is 3.30. The number of nitrogens with one attached hydrogen (secondary N) is 1. The summed E-state index contributed by atoms with van der Waals surface area (Å²) >= 11 is 1.44. The molecule has 6 nitrogen and oxygen atoms in total. The van der Waals surface area contributed by atoms with Gasteiger partial charge >= 0.3 is 11.9 Å². The minimum atomic E-state index is -0.815. The summed E-state index contributed by atoms with van der Waals surface area (Å²) in [5.41, 5.74) is 0.844. The van der Waals surface area contributed by atoms with Gasteiger partial charge in [-0.1, -0.05) is 24.3 Å². The number of ether oxygens (including phenoxy) is 2. The van der Waals surface area contributed by atoms with Gasteiger partial charge in [0.15, 0.2) is 0 Å². The van der Waals surface area contributed by atoms with Crippen molar-refractivity contribution in [2.24, 2.45) is 0 Å². The normalized spacial score (nSPS) is 11.4. The van der Waals surface area contributed by atoms with Crippen molar-refractivity contribution < 1.29 is 23.9 Å². The molecule has 7 heteroatoms. The molecular weight excluding hydrogens is 366 g/mol. The first-order valence-corrected chi connectivity index (χ1v) is 9.25. The summed E-state index contributed by atoms with van der Waals surface area (Å²) in [7, 11) is 1.28. The van der Waals surface area contributed by atoms with Crippen LogP contribution in [0.4, 0.5) is 0 Å². The molecule has 27 heavy (non-hydrogen) atoms. The molecule has 0 fully saturated rings. The monoisotopic (exact) mass is 387 g/mol. The molecule has 0 heterocycles. The van der Waals surface area contributed by atoms with Crippen molar-refractivity contribution in [1.29, 1.82) is 0 Å². The summed E-state index contributed by atoms with van der Waals surface area (Å²) in [6.45, 7) is 2.97. The highest BCUT2D eigenvalue weighted by Crippen LogP contribution is 2.22. The zero-order chi connectivity index (χ0) is 19.8. The fourth-order valence-electron chi connectivity index (χ4n) is 2.37. The van der Waals surface area contributed by atoms with Gasteiger partial charge in [-0.15, -0.1) is 11.8 Å². The highest BCUT2D eigenvalue weighted by atomic mass is 32.2. The lowest BCUT2D eigenvalue weighted by atomic mass is 10.1. The third kappa shape index (κ3) is 5.86. The Bertz CT molecular complexity index is 822. The minimum absolute atomic E-state index is 0.309. The molecule has 1 atom stereocenters. The van der Waals surface area contributed by atoms with Crippen molar-refractivity contribution in [3.63, 3.8) is 0 Å². The number of methoxy groups -OCH3 is 1. The van der Waals surface area contributed by atoms with Crippen LogP contribution in [0.15, 0.2) is 53.4 Å².